The van der Waals surface area contributed by atoms with E-state index in [1.807, 2.05) is 19.3 Å². The van der Waals surface area contributed by atoms with Crippen molar-refractivity contribution in [2.45, 2.75) is 38.3 Å². The Kier molecular flexibility index (Phi) is 4.49. The van der Waals surface area contributed by atoms with Gasteiger partial charge in [0.25, 0.3) is 0 Å². The van der Waals surface area contributed by atoms with Crippen LogP contribution < -0.4 is 10.6 Å². The van der Waals surface area contributed by atoms with Crippen molar-refractivity contribution in [3.8, 4) is 0 Å². The predicted octanol–water partition coefficient (Wildman–Crippen LogP) is 0.981. The zero-order valence-electron chi connectivity index (χ0n) is 11.2. The molecule has 0 aliphatic carbocycles. The van der Waals surface area contributed by atoms with Crippen LogP contribution in [0.5, 0.6) is 0 Å². The molecule has 0 saturated carbocycles. The van der Waals surface area contributed by atoms with Crippen LogP contribution in [0.25, 0.3) is 0 Å². The minimum atomic E-state index is 0.146. The molecule has 1 aliphatic heterocycles. The van der Waals surface area contributed by atoms with E-state index in [1.165, 1.54) is 0 Å². The van der Waals surface area contributed by atoms with E-state index >= 15 is 0 Å². The molecule has 18 heavy (non-hydrogen) atoms. The maximum atomic E-state index is 5.76. The zero-order valence-corrected chi connectivity index (χ0v) is 11.2. The van der Waals surface area contributed by atoms with Crippen molar-refractivity contribution in [1.29, 1.82) is 0 Å². The van der Waals surface area contributed by atoms with Crippen LogP contribution in [0.15, 0.2) is 12.4 Å². The molecular weight excluding hydrogens is 228 g/mol. The fraction of sp³-hybridized carbons (Fsp3) is 0.692. The summed E-state index contributed by atoms with van der Waals surface area (Å²) in [7, 11) is 1.76. The van der Waals surface area contributed by atoms with Gasteiger partial charge >= 0.3 is 0 Å². The molecule has 1 fully saturated rings. The van der Waals surface area contributed by atoms with Crippen LogP contribution in [-0.4, -0.2) is 42.3 Å². The van der Waals surface area contributed by atoms with Crippen molar-refractivity contribution >= 4 is 5.95 Å². The van der Waals surface area contributed by atoms with Gasteiger partial charge in [0.1, 0.15) is 0 Å². The number of methoxy groups -OCH3 is 1. The molecular formula is C13H22N4O. The first-order valence-corrected chi connectivity index (χ1v) is 6.53. The average molecular weight is 250 g/mol. The Labute approximate surface area is 108 Å². The van der Waals surface area contributed by atoms with Crippen LogP contribution in [0.4, 0.5) is 5.95 Å². The fourth-order valence-electron chi connectivity index (χ4n) is 2.30. The second-order valence-corrected chi connectivity index (χ2v) is 5.02. The molecule has 0 radical (unpaired) electrons. The second-order valence-electron chi connectivity index (χ2n) is 5.02. The van der Waals surface area contributed by atoms with Gasteiger partial charge < -0.3 is 15.4 Å². The summed E-state index contributed by atoms with van der Waals surface area (Å²) in [6.45, 7) is 3.87. The standard InChI is InChI=1S/C13H22N4O/c1-10(14)6-11-7-15-13(16-8-11)17-5-3-4-12(9-17)18-2/h7-8,10,12H,3-6,9,14H2,1-2H3. The first kappa shape index (κ1) is 13.2. The smallest absolute Gasteiger partial charge is 0.225 e. The number of nitrogens with two attached hydrogens (primary N) is 1. The number of hydrogen-bond acceptors (Lipinski definition) is 5. The van der Waals surface area contributed by atoms with E-state index in [4.69, 9.17) is 10.5 Å². The number of nitrogens with zero attached hydrogens (tertiary/aromatic N) is 3. The van der Waals surface area contributed by atoms with Crippen LogP contribution in [0.3, 0.4) is 0 Å². The summed E-state index contributed by atoms with van der Waals surface area (Å²) in [4.78, 5) is 11.0. The van der Waals surface area contributed by atoms with E-state index in [9.17, 15) is 0 Å². The van der Waals surface area contributed by atoms with Gasteiger partial charge in [-0.1, -0.05) is 0 Å². The Hall–Kier alpha value is -1.20. The summed E-state index contributed by atoms with van der Waals surface area (Å²) >= 11 is 0. The van der Waals surface area contributed by atoms with Crippen LogP contribution in [-0.2, 0) is 11.2 Å². The van der Waals surface area contributed by atoms with Gasteiger partial charge in [0, 0.05) is 38.6 Å². The molecule has 1 aromatic rings. The third kappa shape index (κ3) is 3.40. The maximum Gasteiger partial charge on any atom is 0.225 e. The first-order valence-electron chi connectivity index (χ1n) is 6.53. The highest BCUT2D eigenvalue weighted by Gasteiger charge is 2.21. The second kappa shape index (κ2) is 6.11. The van der Waals surface area contributed by atoms with Crippen molar-refractivity contribution in [2.24, 2.45) is 5.73 Å². The molecule has 0 aromatic carbocycles. The minimum Gasteiger partial charge on any atom is -0.380 e. The third-order valence-electron chi connectivity index (χ3n) is 3.24. The van der Waals surface area contributed by atoms with Crippen molar-refractivity contribution in [1.82, 2.24) is 9.97 Å². The molecule has 5 nitrogen and oxygen atoms in total. The van der Waals surface area contributed by atoms with Gasteiger partial charge in [-0.3, -0.25) is 0 Å². The molecule has 2 N–H and O–H groups in total. The van der Waals surface area contributed by atoms with Gasteiger partial charge in [-0.05, 0) is 31.7 Å². The van der Waals surface area contributed by atoms with E-state index in [0.29, 0.717) is 6.10 Å². The summed E-state index contributed by atoms with van der Waals surface area (Å²) in [5.41, 5.74) is 6.85. The average Bonchev–Trinajstić information content (AvgIpc) is 2.39. The lowest BCUT2D eigenvalue weighted by atomic mass is 10.1. The Bertz CT molecular complexity index is 366. The summed E-state index contributed by atoms with van der Waals surface area (Å²) < 4.78 is 5.41. The maximum absolute atomic E-state index is 5.76. The molecule has 0 bridgehead atoms. The number of anilines is 1. The Morgan fingerprint density at radius 3 is 2.83 bits per heavy atom. The number of piperidine rings is 1. The number of hydrogen-bond donors (Lipinski definition) is 1. The summed E-state index contributed by atoms with van der Waals surface area (Å²) in [5, 5.41) is 0. The molecule has 2 rings (SSSR count). The van der Waals surface area contributed by atoms with Gasteiger partial charge in [0.15, 0.2) is 0 Å². The lowest BCUT2D eigenvalue weighted by molar-refractivity contribution is 0.0889. The van der Waals surface area contributed by atoms with Crippen LogP contribution in [0, 0.1) is 0 Å². The van der Waals surface area contributed by atoms with Crippen molar-refractivity contribution in [2.75, 3.05) is 25.1 Å². The lowest BCUT2D eigenvalue weighted by Gasteiger charge is -2.31. The molecule has 1 saturated heterocycles. The molecule has 2 unspecified atom stereocenters. The van der Waals surface area contributed by atoms with E-state index in [-0.39, 0.29) is 6.04 Å². The van der Waals surface area contributed by atoms with Crippen LogP contribution in [0.2, 0.25) is 0 Å². The summed E-state index contributed by atoms with van der Waals surface area (Å²) in [5.74, 6) is 0.796. The van der Waals surface area contributed by atoms with Crippen molar-refractivity contribution < 1.29 is 4.74 Å². The molecule has 100 valence electrons. The van der Waals surface area contributed by atoms with E-state index in [1.54, 1.807) is 7.11 Å². The Balaban J connectivity index is 2.00. The monoisotopic (exact) mass is 250 g/mol. The topological polar surface area (TPSA) is 64.3 Å². The highest BCUT2D eigenvalue weighted by molar-refractivity contribution is 5.31. The molecule has 0 spiro atoms. The van der Waals surface area contributed by atoms with E-state index < -0.39 is 0 Å². The quantitative estimate of drug-likeness (QED) is 0.863. The predicted molar refractivity (Wildman–Crippen MR) is 71.6 cm³/mol. The Morgan fingerprint density at radius 2 is 2.22 bits per heavy atom. The SMILES string of the molecule is COC1CCCN(c2ncc(CC(C)N)cn2)C1. The molecule has 1 aromatic heterocycles. The number of ether oxygens (including phenoxy) is 1. The molecule has 1 aliphatic rings. The van der Waals surface area contributed by atoms with E-state index in [2.05, 4.69) is 14.9 Å². The highest BCUT2D eigenvalue weighted by Crippen LogP contribution is 2.17. The highest BCUT2D eigenvalue weighted by atomic mass is 16.5. The number of rotatable bonds is 4. The molecule has 5 heteroatoms. The normalized spacial score (nSPS) is 21.9. The molecule has 2 atom stereocenters. The van der Waals surface area contributed by atoms with Gasteiger partial charge in [-0.2, -0.15) is 0 Å². The van der Waals surface area contributed by atoms with Crippen molar-refractivity contribution in [3.05, 3.63) is 18.0 Å². The Morgan fingerprint density at radius 1 is 1.50 bits per heavy atom. The summed E-state index contributed by atoms with van der Waals surface area (Å²) in [6.07, 6.45) is 7.12. The van der Waals surface area contributed by atoms with Crippen LogP contribution >= 0.6 is 0 Å². The zero-order chi connectivity index (χ0) is 13.0. The largest absolute Gasteiger partial charge is 0.380 e. The van der Waals surface area contributed by atoms with Gasteiger partial charge in [0.2, 0.25) is 5.95 Å². The fourth-order valence-corrected chi connectivity index (χ4v) is 2.30. The van der Waals surface area contributed by atoms with Gasteiger partial charge in [-0.25, -0.2) is 9.97 Å². The van der Waals surface area contributed by atoms with Crippen molar-refractivity contribution in [3.63, 3.8) is 0 Å². The molecule has 0 amide bonds. The first-order chi connectivity index (χ1) is 8.69. The number of aromatic nitrogens is 2. The minimum absolute atomic E-state index is 0.146. The van der Waals surface area contributed by atoms with E-state index in [0.717, 1.165) is 43.9 Å². The van der Waals surface area contributed by atoms with Gasteiger partial charge in [0.05, 0.1) is 6.10 Å². The summed E-state index contributed by atoms with van der Waals surface area (Å²) in [6, 6.07) is 0.146. The van der Waals surface area contributed by atoms with Crippen LogP contribution in [0.1, 0.15) is 25.3 Å². The third-order valence-corrected chi connectivity index (χ3v) is 3.24. The lowest BCUT2D eigenvalue weighted by Crippen LogP contribution is -2.40. The molecule has 2 heterocycles. The van der Waals surface area contributed by atoms with Gasteiger partial charge in [-0.15, -0.1) is 0 Å².